The average molecular weight is 603 g/mol. The normalized spacial score (nSPS) is 16.3. The second-order valence-corrected chi connectivity index (χ2v) is 10.1. The van der Waals surface area contributed by atoms with E-state index < -0.39 is 17.9 Å². The Bertz CT molecular complexity index is 768. The zero-order chi connectivity index (χ0) is 31.8. The van der Waals surface area contributed by atoms with Gasteiger partial charge in [0.25, 0.3) is 0 Å². The molecule has 244 valence electrons. The Morgan fingerprint density at radius 1 is 0.524 bits per heavy atom. The van der Waals surface area contributed by atoms with Crippen molar-refractivity contribution in [3.63, 3.8) is 0 Å². The van der Waals surface area contributed by atoms with Gasteiger partial charge >= 0.3 is 17.9 Å². The third kappa shape index (κ3) is 21.9. The fraction of sp³-hybridized carbons (Fsp3) is 0.821. The average Bonchev–Trinajstić information content (AvgIpc) is 2.92. The molecule has 1 aliphatic heterocycles. The first-order valence-electron chi connectivity index (χ1n) is 15.2. The van der Waals surface area contributed by atoms with E-state index in [9.17, 15) is 39.3 Å². The highest BCUT2D eigenvalue weighted by Crippen LogP contribution is 2.02. The van der Waals surface area contributed by atoms with Crippen LogP contribution in [0.5, 0.6) is 0 Å². The Hall–Kier alpha value is -2.81. The summed E-state index contributed by atoms with van der Waals surface area (Å²) in [6.45, 7) is 9.25. The number of nitrogens with zero attached hydrogens (tertiary/aromatic N) is 4. The highest BCUT2D eigenvalue weighted by atomic mass is 16.4. The Kier molecular flexibility index (Phi) is 23.1. The van der Waals surface area contributed by atoms with Crippen LogP contribution in [0, 0.1) is 0 Å². The predicted molar refractivity (Wildman–Crippen MR) is 159 cm³/mol. The maximum absolute atomic E-state index is 12.6. The summed E-state index contributed by atoms with van der Waals surface area (Å²) in [5, 5.41) is 33.6. The summed E-state index contributed by atoms with van der Waals surface area (Å²) in [6, 6.07) is 0. The van der Waals surface area contributed by atoms with Crippen LogP contribution in [0.2, 0.25) is 0 Å². The van der Waals surface area contributed by atoms with Gasteiger partial charge in [-0.2, -0.15) is 0 Å². The molecule has 1 heterocycles. The first kappa shape index (κ1) is 39.2. The fourth-order valence-corrected chi connectivity index (χ4v) is 4.39. The van der Waals surface area contributed by atoms with Gasteiger partial charge in [0, 0.05) is 71.9 Å². The Morgan fingerprint density at radius 3 is 1.26 bits per heavy atom. The summed E-state index contributed by atoms with van der Waals surface area (Å²) >= 11 is 0. The van der Waals surface area contributed by atoms with Gasteiger partial charge in [0.15, 0.2) is 0 Å². The lowest BCUT2D eigenvalue weighted by Gasteiger charge is -2.32. The number of amides is 2. The highest BCUT2D eigenvalue weighted by molar-refractivity contribution is 5.78. The number of rotatable bonds is 17. The number of unbranched alkanes of at least 4 members (excludes halogenated alkanes) is 3. The van der Waals surface area contributed by atoms with Crippen LogP contribution < -0.4 is 10.6 Å². The van der Waals surface area contributed by atoms with Crippen molar-refractivity contribution in [1.82, 2.24) is 30.2 Å². The third-order valence-corrected chi connectivity index (χ3v) is 6.63. The van der Waals surface area contributed by atoms with Gasteiger partial charge in [-0.25, -0.2) is 0 Å². The minimum atomic E-state index is -1.01. The Balaban J connectivity index is 0.00000821. The van der Waals surface area contributed by atoms with Gasteiger partial charge < -0.3 is 26.0 Å². The van der Waals surface area contributed by atoms with Crippen molar-refractivity contribution in [2.24, 2.45) is 0 Å². The van der Waals surface area contributed by atoms with Gasteiger partial charge in [-0.3, -0.25) is 43.6 Å². The largest absolute Gasteiger partial charge is 0.480 e. The molecule has 2 amide bonds. The molecule has 0 atom stereocenters. The molecule has 0 radical (unpaired) electrons. The van der Waals surface area contributed by atoms with Gasteiger partial charge in [0.1, 0.15) is 0 Å². The molecule has 1 aliphatic rings. The standard InChI is InChI=1S/C26H48N6O8.C2H6/c1-2-3-4-5-8-27-22(33)7-6-9-28-23(34)18-29-10-12-30(19-24(35)36)14-16-32(21-26(39)40)17-15-31(13-11-29)20-25(37)38;1-2/h2-21H2,1H3,(H,27,33)(H,28,34)(H,35,36)(H,37,38)(H,39,40);1-2H3. The zero-order valence-electron chi connectivity index (χ0n) is 25.8. The van der Waals surface area contributed by atoms with Crippen molar-refractivity contribution >= 4 is 29.7 Å². The summed E-state index contributed by atoms with van der Waals surface area (Å²) in [4.78, 5) is 65.6. The number of hydrogen-bond donors (Lipinski definition) is 5. The van der Waals surface area contributed by atoms with Gasteiger partial charge in [0.2, 0.25) is 11.8 Å². The molecule has 1 rings (SSSR count). The van der Waals surface area contributed by atoms with Crippen LogP contribution in [-0.2, 0) is 24.0 Å². The smallest absolute Gasteiger partial charge is 0.317 e. The van der Waals surface area contributed by atoms with Crippen LogP contribution >= 0.6 is 0 Å². The summed E-state index contributed by atoms with van der Waals surface area (Å²) in [6.07, 6.45) is 5.18. The van der Waals surface area contributed by atoms with Crippen molar-refractivity contribution in [2.45, 2.75) is 59.3 Å². The van der Waals surface area contributed by atoms with E-state index in [1.165, 1.54) is 0 Å². The maximum Gasteiger partial charge on any atom is 0.317 e. The summed E-state index contributed by atoms with van der Waals surface area (Å²) in [5.74, 6) is -3.28. The SMILES string of the molecule is CC.CCCCCCNC(=O)CCCNC(=O)CN1CCN(CC(=O)O)CCN(CC(=O)O)CCN(CC(=O)O)CC1. The molecular weight excluding hydrogens is 548 g/mol. The molecule has 5 N–H and O–H groups in total. The van der Waals surface area contributed by atoms with E-state index in [0.29, 0.717) is 78.3 Å². The van der Waals surface area contributed by atoms with E-state index in [0.717, 1.165) is 25.7 Å². The third-order valence-electron chi connectivity index (χ3n) is 6.63. The van der Waals surface area contributed by atoms with E-state index in [2.05, 4.69) is 17.6 Å². The summed E-state index contributed by atoms with van der Waals surface area (Å²) in [5.41, 5.74) is 0. The van der Waals surface area contributed by atoms with Crippen LogP contribution in [0.4, 0.5) is 0 Å². The zero-order valence-corrected chi connectivity index (χ0v) is 25.8. The van der Waals surface area contributed by atoms with Gasteiger partial charge in [-0.1, -0.05) is 40.0 Å². The number of nitrogens with one attached hydrogen (secondary N) is 2. The predicted octanol–water partition coefficient (Wildman–Crippen LogP) is 0.0809. The molecule has 1 fully saturated rings. The molecular formula is C28H54N6O8. The van der Waals surface area contributed by atoms with Crippen molar-refractivity contribution in [3.05, 3.63) is 0 Å². The molecule has 42 heavy (non-hydrogen) atoms. The highest BCUT2D eigenvalue weighted by Gasteiger charge is 2.21. The first-order valence-corrected chi connectivity index (χ1v) is 15.2. The Morgan fingerprint density at radius 2 is 0.881 bits per heavy atom. The number of hydrogen-bond acceptors (Lipinski definition) is 9. The van der Waals surface area contributed by atoms with E-state index in [1.54, 1.807) is 14.7 Å². The molecule has 0 saturated carbocycles. The van der Waals surface area contributed by atoms with Crippen LogP contribution in [0.25, 0.3) is 0 Å². The molecule has 14 heteroatoms. The lowest BCUT2D eigenvalue weighted by molar-refractivity contribution is -0.140. The molecule has 0 aliphatic carbocycles. The van der Waals surface area contributed by atoms with Crippen molar-refractivity contribution < 1.29 is 39.3 Å². The number of aliphatic carboxylic acids is 3. The quantitative estimate of drug-likeness (QED) is 0.142. The van der Waals surface area contributed by atoms with Crippen LogP contribution in [0.15, 0.2) is 0 Å². The minimum Gasteiger partial charge on any atom is -0.480 e. The molecule has 1 saturated heterocycles. The van der Waals surface area contributed by atoms with E-state index in [4.69, 9.17) is 0 Å². The second-order valence-electron chi connectivity index (χ2n) is 10.1. The maximum atomic E-state index is 12.6. The van der Waals surface area contributed by atoms with Gasteiger partial charge in [-0.05, 0) is 12.8 Å². The monoisotopic (exact) mass is 602 g/mol. The Labute approximate surface area is 250 Å². The van der Waals surface area contributed by atoms with Crippen LogP contribution in [0.1, 0.15) is 59.3 Å². The first-order chi connectivity index (χ1) is 20.1. The topological polar surface area (TPSA) is 183 Å². The van der Waals surface area contributed by atoms with Crippen molar-refractivity contribution in [1.29, 1.82) is 0 Å². The minimum absolute atomic E-state index is 0.0345. The van der Waals surface area contributed by atoms with Crippen molar-refractivity contribution in [2.75, 3.05) is 91.6 Å². The number of carbonyl (C=O) groups excluding carboxylic acids is 2. The number of carbonyl (C=O) groups is 5. The van der Waals surface area contributed by atoms with E-state index in [-0.39, 0.29) is 38.0 Å². The van der Waals surface area contributed by atoms with Crippen LogP contribution in [0.3, 0.4) is 0 Å². The molecule has 14 nitrogen and oxygen atoms in total. The molecule has 0 spiro atoms. The lowest BCUT2D eigenvalue weighted by atomic mass is 10.2. The number of carboxylic acids is 3. The molecule has 0 unspecified atom stereocenters. The second kappa shape index (κ2) is 24.8. The van der Waals surface area contributed by atoms with Gasteiger partial charge in [-0.15, -0.1) is 0 Å². The van der Waals surface area contributed by atoms with Crippen molar-refractivity contribution in [3.8, 4) is 0 Å². The molecule has 0 bridgehead atoms. The van der Waals surface area contributed by atoms with E-state index in [1.807, 2.05) is 18.7 Å². The molecule has 0 aromatic carbocycles. The molecule has 0 aromatic rings. The summed E-state index contributed by atoms with van der Waals surface area (Å²) in [7, 11) is 0. The number of carboxylic acid groups (broad SMARTS) is 3. The lowest BCUT2D eigenvalue weighted by Crippen LogP contribution is -2.49. The van der Waals surface area contributed by atoms with Crippen LogP contribution in [-0.4, -0.2) is 156 Å². The van der Waals surface area contributed by atoms with E-state index >= 15 is 0 Å². The summed E-state index contributed by atoms with van der Waals surface area (Å²) < 4.78 is 0. The fourth-order valence-electron chi connectivity index (χ4n) is 4.39. The molecule has 0 aromatic heterocycles. The van der Waals surface area contributed by atoms with Gasteiger partial charge in [0.05, 0.1) is 26.2 Å².